The second kappa shape index (κ2) is 7.89. The summed E-state index contributed by atoms with van der Waals surface area (Å²) in [5, 5.41) is 16.6. The van der Waals surface area contributed by atoms with Crippen molar-refractivity contribution in [3.63, 3.8) is 0 Å². The molecule has 2 aromatic heterocycles. The lowest BCUT2D eigenvalue weighted by Crippen LogP contribution is -2.30. The Hall–Kier alpha value is -3.07. The van der Waals surface area contributed by atoms with Crippen molar-refractivity contribution in [3.05, 3.63) is 24.5 Å². The fourth-order valence-corrected chi connectivity index (χ4v) is 3.55. The van der Waals surface area contributed by atoms with Gasteiger partial charge in [-0.05, 0) is 37.8 Å². The van der Waals surface area contributed by atoms with Crippen molar-refractivity contribution in [3.8, 4) is 11.5 Å². The van der Waals surface area contributed by atoms with E-state index in [-0.39, 0.29) is 12.1 Å². The summed E-state index contributed by atoms with van der Waals surface area (Å²) in [5.41, 5.74) is 2.22. The van der Waals surface area contributed by atoms with Crippen LogP contribution in [0.25, 0.3) is 11.2 Å². The van der Waals surface area contributed by atoms with Gasteiger partial charge in [-0.1, -0.05) is 4.98 Å². The number of rotatable bonds is 6. The summed E-state index contributed by atoms with van der Waals surface area (Å²) in [6.45, 7) is 0. The van der Waals surface area contributed by atoms with Gasteiger partial charge in [-0.2, -0.15) is 4.98 Å². The number of imidazole rings is 1. The number of anilines is 3. The van der Waals surface area contributed by atoms with Crippen molar-refractivity contribution >= 4 is 28.6 Å². The lowest BCUT2D eigenvalue weighted by Gasteiger charge is -2.26. The molecule has 5 N–H and O–H groups in total. The number of nitrogens with zero attached hydrogens (tertiary/aromatic N) is 2. The molecule has 1 aliphatic carbocycles. The molecule has 0 saturated heterocycles. The van der Waals surface area contributed by atoms with Crippen molar-refractivity contribution in [1.82, 2.24) is 15.0 Å². The zero-order valence-electron chi connectivity index (χ0n) is 16.0. The number of aliphatic hydroxyl groups excluding tert-OH is 1. The molecule has 0 spiro atoms. The molecule has 9 nitrogen and oxygen atoms in total. The van der Waals surface area contributed by atoms with E-state index in [1.54, 1.807) is 26.6 Å². The Morgan fingerprint density at radius 2 is 2.11 bits per heavy atom. The molecule has 2 heterocycles. The summed E-state index contributed by atoms with van der Waals surface area (Å²) in [7, 11) is 3.21. The lowest BCUT2D eigenvalue weighted by molar-refractivity contribution is -0.347. The third-order valence-electron chi connectivity index (χ3n) is 4.98. The molecular weight excluding hydrogens is 360 g/mol. The van der Waals surface area contributed by atoms with Crippen molar-refractivity contribution in [1.29, 1.82) is 0 Å². The van der Waals surface area contributed by atoms with E-state index in [0.717, 1.165) is 30.5 Å². The first-order valence-corrected chi connectivity index (χ1v) is 9.36. The Morgan fingerprint density at radius 3 is 2.89 bits per heavy atom. The highest BCUT2D eigenvalue weighted by molar-refractivity contribution is 5.82. The number of benzene rings is 1. The molecule has 4 rings (SSSR count). The van der Waals surface area contributed by atoms with E-state index in [0.29, 0.717) is 35.3 Å². The van der Waals surface area contributed by atoms with Gasteiger partial charge in [0.2, 0.25) is 5.52 Å². The number of nitrogens with one attached hydrogen (secondary N) is 4. The number of hydrogen-bond donors (Lipinski definition) is 4. The third kappa shape index (κ3) is 3.79. The van der Waals surface area contributed by atoms with Gasteiger partial charge in [-0.3, -0.25) is 4.98 Å². The molecule has 0 bridgehead atoms. The van der Waals surface area contributed by atoms with Gasteiger partial charge < -0.3 is 25.2 Å². The van der Waals surface area contributed by atoms with Crippen LogP contribution in [0.5, 0.6) is 11.5 Å². The summed E-state index contributed by atoms with van der Waals surface area (Å²) in [5.74, 6) is 2.47. The number of aromatic amines is 2. The fraction of sp³-hybridized carbons (Fsp3) is 0.421. The van der Waals surface area contributed by atoms with Crippen LogP contribution in [-0.2, 0) is 0 Å². The molecule has 0 aliphatic heterocycles. The van der Waals surface area contributed by atoms with Gasteiger partial charge >= 0.3 is 11.6 Å². The zero-order chi connectivity index (χ0) is 19.5. The Bertz CT molecular complexity index is 960. The lowest BCUT2D eigenvalue weighted by atomic mass is 9.93. The van der Waals surface area contributed by atoms with Gasteiger partial charge in [0.15, 0.2) is 12.1 Å². The fourth-order valence-electron chi connectivity index (χ4n) is 3.55. The van der Waals surface area contributed by atoms with Crippen LogP contribution in [0.4, 0.5) is 17.5 Å². The molecule has 1 aromatic carbocycles. The van der Waals surface area contributed by atoms with E-state index in [2.05, 4.69) is 30.6 Å². The molecule has 3 aromatic rings. The van der Waals surface area contributed by atoms with Gasteiger partial charge in [0, 0.05) is 12.1 Å². The SMILES string of the molecule is COc1ccc(Nc2nc(NC3CCCC(O)C3)c3[nH]c[nH+]c3n2)c(OC)c1. The predicted molar refractivity (Wildman–Crippen MR) is 105 cm³/mol. The minimum absolute atomic E-state index is 0.175. The molecule has 9 heteroatoms. The summed E-state index contributed by atoms with van der Waals surface area (Å²) in [6, 6.07) is 5.67. The highest BCUT2D eigenvalue weighted by Gasteiger charge is 2.24. The van der Waals surface area contributed by atoms with Gasteiger partial charge in [-0.25, -0.2) is 4.98 Å². The van der Waals surface area contributed by atoms with E-state index in [1.165, 1.54) is 0 Å². The largest absolute Gasteiger partial charge is 0.497 e. The average molecular weight is 385 g/mol. The zero-order valence-corrected chi connectivity index (χ0v) is 16.0. The van der Waals surface area contributed by atoms with Crippen molar-refractivity contribution < 1.29 is 19.6 Å². The van der Waals surface area contributed by atoms with Gasteiger partial charge in [0.25, 0.3) is 0 Å². The summed E-state index contributed by atoms with van der Waals surface area (Å²) >= 11 is 0. The monoisotopic (exact) mass is 385 g/mol. The highest BCUT2D eigenvalue weighted by atomic mass is 16.5. The van der Waals surface area contributed by atoms with Crippen LogP contribution < -0.4 is 25.1 Å². The maximum Gasteiger partial charge on any atom is 0.307 e. The molecule has 148 valence electrons. The van der Waals surface area contributed by atoms with E-state index in [4.69, 9.17) is 9.47 Å². The van der Waals surface area contributed by atoms with E-state index in [1.807, 2.05) is 12.1 Å². The summed E-state index contributed by atoms with van der Waals surface area (Å²) in [6.07, 6.45) is 5.03. The van der Waals surface area contributed by atoms with E-state index in [9.17, 15) is 5.11 Å². The maximum absolute atomic E-state index is 9.96. The van der Waals surface area contributed by atoms with Crippen molar-refractivity contribution in [2.45, 2.75) is 37.8 Å². The average Bonchev–Trinajstić information content (AvgIpc) is 3.17. The first-order chi connectivity index (χ1) is 13.7. The smallest absolute Gasteiger partial charge is 0.307 e. The van der Waals surface area contributed by atoms with Gasteiger partial charge in [-0.15, -0.1) is 0 Å². The number of ether oxygens (including phenoxy) is 2. The van der Waals surface area contributed by atoms with Crippen LogP contribution in [0.2, 0.25) is 0 Å². The Labute approximate surface area is 162 Å². The van der Waals surface area contributed by atoms with E-state index < -0.39 is 0 Å². The Morgan fingerprint density at radius 1 is 1.21 bits per heavy atom. The molecule has 1 saturated carbocycles. The number of H-pyrrole nitrogens is 2. The van der Waals surface area contributed by atoms with E-state index >= 15 is 0 Å². The normalized spacial score (nSPS) is 19.4. The molecule has 1 fully saturated rings. The molecular formula is C19H25N6O3+. The van der Waals surface area contributed by atoms with Gasteiger partial charge in [0.05, 0.1) is 26.0 Å². The molecule has 0 amide bonds. The van der Waals surface area contributed by atoms with Crippen LogP contribution in [0.3, 0.4) is 0 Å². The Balaban J connectivity index is 1.63. The van der Waals surface area contributed by atoms with Crippen LogP contribution >= 0.6 is 0 Å². The first kappa shape index (κ1) is 18.3. The number of aliphatic hydroxyl groups is 1. The van der Waals surface area contributed by atoms with Crippen molar-refractivity contribution in [2.75, 3.05) is 24.9 Å². The van der Waals surface area contributed by atoms with Crippen LogP contribution in [0, 0.1) is 0 Å². The van der Waals surface area contributed by atoms with Crippen LogP contribution in [-0.4, -0.2) is 46.4 Å². The number of hydrogen-bond acceptors (Lipinski definition) is 7. The molecule has 0 radical (unpaired) electrons. The third-order valence-corrected chi connectivity index (χ3v) is 4.98. The molecule has 2 unspecified atom stereocenters. The molecule has 2 atom stereocenters. The Kier molecular flexibility index (Phi) is 5.16. The summed E-state index contributed by atoms with van der Waals surface area (Å²) < 4.78 is 10.7. The summed E-state index contributed by atoms with van der Waals surface area (Å²) in [4.78, 5) is 15.4. The van der Waals surface area contributed by atoms with Crippen LogP contribution in [0.15, 0.2) is 24.5 Å². The van der Waals surface area contributed by atoms with Crippen molar-refractivity contribution in [2.24, 2.45) is 0 Å². The molecule has 1 aliphatic rings. The maximum atomic E-state index is 9.96. The minimum Gasteiger partial charge on any atom is -0.497 e. The highest BCUT2D eigenvalue weighted by Crippen LogP contribution is 2.31. The van der Waals surface area contributed by atoms with Gasteiger partial charge in [0.1, 0.15) is 11.5 Å². The number of aromatic nitrogens is 4. The number of methoxy groups -OCH3 is 2. The number of fused-ring (bicyclic) bond motifs is 1. The first-order valence-electron chi connectivity index (χ1n) is 9.36. The molecule has 28 heavy (non-hydrogen) atoms. The second-order valence-electron chi connectivity index (χ2n) is 6.91. The topological polar surface area (TPSA) is 118 Å². The standard InChI is InChI=1S/C19H24N6O3/c1-27-13-6-7-14(15(9-13)28-2)23-19-24-17-16(20-10-21-17)18(25-19)22-11-4-3-5-12(26)8-11/h6-7,9-12,26H,3-5,8H2,1-2H3,(H3,20,21,22,23,24,25)/p+1. The predicted octanol–water partition coefficient (Wildman–Crippen LogP) is 2.25. The minimum atomic E-state index is -0.264. The quantitative estimate of drug-likeness (QED) is 0.514. The second-order valence-corrected chi connectivity index (χ2v) is 6.91. The van der Waals surface area contributed by atoms with Crippen LogP contribution in [0.1, 0.15) is 25.7 Å².